The van der Waals surface area contributed by atoms with Crippen LogP contribution in [-0.2, 0) is 17.8 Å². The zero-order valence-corrected chi connectivity index (χ0v) is 16.2. The third-order valence-electron chi connectivity index (χ3n) is 4.07. The molecular weight excluding hydrogens is 343 g/mol. The first-order valence-corrected chi connectivity index (χ1v) is 8.93. The average Bonchev–Trinajstić information content (AvgIpc) is 2.64. The molecular formula is C21H27FN4O. The first-order chi connectivity index (χ1) is 13.0. The van der Waals surface area contributed by atoms with Gasteiger partial charge < -0.3 is 15.1 Å². The van der Waals surface area contributed by atoms with Crippen molar-refractivity contribution in [1.29, 1.82) is 0 Å². The normalized spacial score (nSPS) is 11.2. The van der Waals surface area contributed by atoms with Gasteiger partial charge in [-0.15, -0.1) is 0 Å². The minimum Gasteiger partial charge on any atom is -0.356 e. The molecule has 0 aliphatic carbocycles. The molecule has 0 aliphatic rings. The summed E-state index contributed by atoms with van der Waals surface area (Å²) in [6.07, 6.45) is 0.843. The Morgan fingerprint density at radius 2 is 1.74 bits per heavy atom. The molecule has 27 heavy (non-hydrogen) atoms. The van der Waals surface area contributed by atoms with Crippen molar-refractivity contribution >= 4 is 11.9 Å². The fourth-order valence-electron chi connectivity index (χ4n) is 2.54. The molecule has 2 rings (SSSR count). The number of carbonyl (C=O) groups excluding carboxylic acids is 1. The molecule has 0 fully saturated rings. The Morgan fingerprint density at radius 3 is 2.41 bits per heavy atom. The largest absolute Gasteiger partial charge is 0.356 e. The van der Waals surface area contributed by atoms with Crippen LogP contribution in [0.15, 0.2) is 59.6 Å². The lowest BCUT2D eigenvalue weighted by molar-refractivity contribution is -0.127. The average molecular weight is 370 g/mol. The van der Waals surface area contributed by atoms with Gasteiger partial charge in [0.15, 0.2) is 5.96 Å². The number of aliphatic imine (C=N–C) groups is 1. The summed E-state index contributed by atoms with van der Waals surface area (Å²) in [4.78, 5) is 19.7. The molecule has 0 unspecified atom stereocenters. The Bertz CT molecular complexity index is 762. The summed E-state index contributed by atoms with van der Waals surface area (Å²) in [7, 11) is 5.28. The van der Waals surface area contributed by atoms with Crippen LogP contribution < -0.4 is 5.32 Å². The quantitative estimate of drug-likeness (QED) is 0.602. The maximum Gasteiger partial charge on any atom is 0.243 e. The summed E-state index contributed by atoms with van der Waals surface area (Å²) in [6, 6.07) is 16.6. The number of nitrogens with zero attached hydrogens (tertiary/aromatic N) is 3. The van der Waals surface area contributed by atoms with Crippen molar-refractivity contribution in [2.45, 2.75) is 13.0 Å². The first-order valence-electron chi connectivity index (χ1n) is 8.93. The van der Waals surface area contributed by atoms with Crippen molar-refractivity contribution in [3.05, 3.63) is 71.5 Å². The van der Waals surface area contributed by atoms with Gasteiger partial charge in [-0.1, -0.05) is 42.5 Å². The van der Waals surface area contributed by atoms with Gasteiger partial charge in [-0.25, -0.2) is 9.38 Å². The van der Waals surface area contributed by atoms with E-state index in [2.05, 4.69) is 22.4 Å². The van der Waals surface area contributed by atoms with Crippen LogP contribution in [0.4, 0.5) is 4.39 Å². The lowest BCUT2D eigenvalue weighted by Crippen LogP contribution is -2.40. The summed E-state index contributed by atoms with van der Waals surface area (Å²) in [5, 5.41) is 3.31. The fraction of sp³-hybridized carbons (Fsp3) is 0.333. The van der Waals surface area contributed by atoms with E-state index in [4.69, 9.17) is 0 Å². The van der Waals surface area contributed by atoms with Gasteiger partial charge in [0.1, 0.15) is 12.4 Å². The SMILES string of the molecule is CN(C)C(=O)CN=C(NCCc1ccccc1)N(C)Cc1cccc(F)c1. The van der Waals surface area contributed by atoms with Crippen molar-refractivity contribution in [1.82, 2.24) is 15.1 Å². The van der Waals surface area contributed by atoms with E-state index in [1.807, 2.05) is 36.2 Å². The molecule has 0 atom stereocenters. The molecule has 0 aromatic heterocycles. The Kier molecular flexibility index (Phi) is 7.79. The number of amides is 1. The van der Waals surface area contributed by atoms with Crippen LogP contribution >= 0.6 is 0 Å². The van der Waals surface area contributed by atoms with Crippen molar-refractivity contribution in [3.8, 4) is 0 Å². The summed E-state index contributed by atoms with van der Waals surface area (Å²) in [5.74, 6) is 0.279. The highest BCUT2D eigenvalue weighted by atomic mass is 19.1. The van der Waals surface area contributed by atoms with Gasteiger partial charge in [0.25, 0.3) is 0 Å². The van der Waals surface area contributed by atoms with Crippen molar-refractivity contribution in [2.24, 2.45) is 4.99 Å². The van der Waals surface area contributed by atoms with Gasteiger partial charge in [-0.05, 0) is 29.7 Å². The van der Waals surface area contributed by atoms with E-state index in [1.54, 1.807) is 20.2 Å². The molecule has 0 bridgehead atoms. The van der Waals surface area contributed by atoms with E-state index in [0.29, 0.717) is 19.0 Å². The van der Waals surface area contributed by atoms with Crippen molar-refractivity contribution in [3.63, 3.8) is 0 Å². The Labute approximate surface area is 160 Å². The highest BCUT2D eigenvalue weighted by Gasteiger charge is 2.10. The topological polar surface area (TPSA) is 47.9 Å². The molecule has 144 valence electrons. The van der Waals surface area contributed by atoms with Gasteiger partial charge in [-0.2, -0.15) is 0 Å². The number of rotatable bonds is 7. The third kappa shape index (κ3) is 7.09. The number of nitrogens with one attached hydrogen (secondary N) is 1. The molecule has 5 nitrogen and oxygen atoms in total. The second kappa shape index (κ2) is 10.3. The standard InChI is InChI=1S/C21H27FN4O/c1-25(2)20(27)15-24-21(23-13-12-17-8-5-4-6-9-17)26(3)16-18-10-7-11-19(22)14-18/h4-11,14H,12-13,15-16H2,1-3H3,(H,23,24). The van der Waals surface area contributed by atoms with Gasteiger partial charge in [0, 0.05) is 34.2 Å². The Morgan fingerprint density at radius 1 is 1.04 bits per heavy atom. The highest BCUT2D eigenvalue weighted by Crippen LogP contribution is 2.07. The van der Waals surface area contributed by atoms with Gasteiger partial charge in [0.05, 0.1) is 0 Å². The van der Waals surface area contributed by atoms with Crippen molar-refractivity contribution in [2.75, 3.05) is 34.2 Å². The lowest BCUT2D eigenvalue weighted by Gasteiger charge is -2.23. The number of guanidine groups is 1. The van der Waals surface area contributed by atoms with E-state index in [-0.39, 0.29) is 18.3 Å². The molecule has 0 radical (unpaired) electrons. The fourth-order valence-corrected chi connectivity index (χ4v) is 2.54. The Balaban J connectivity index is 2.03. The van der Waals surface area contributed by atoms with E-state index < -0.39 is 0 Å². The minimum absolute atomic E-state index is 0.0637. The number of halogens is 1. The smallest absolute Gasteiger partial charge is 0.243 e. The van der Waals surface area contributed by atoms with Crippen LogP contribution in [0.1, 0.15) is 11.1 Å². The van der Waals surface area contributed by atoms with Gasteiger partial charge >= 0.3 is 0 Å². The van der Waals surface area contributed by atoms with Crippen LogP contribution in [-0.4, -0.2) is 55.9 Å². The second-order valence-electron chi connectivity index (χ2n) is 6.58. The molecule has 0 saturated heterocycles. The minimum atomic E-state index is -0.265. The van der Waals surface area contributed by atoms with Crippen LogP contribution in [0.3, 0.4) is 0 Å². The number of hydrogen-bond acceptors (Lipinski definition) is 2. The summed E-state index contributed by atoms with van der Waals surface area (Å²) < 4.78 is 13.4. The summed E-state index contributed by atoms with van der Waals surface area (Å²) >= 11 is 0. The van der Waals surface area contributed by atoms with E-state index in [0.717, 1.165) is 12.0 Å². The number of benzene rings is 2. The summed E-state index contributed by atoms with van der Waals surface area (Å²) in [6.45, 7) is 1.24. The number of likely N-dealkylation sites (N-methyl/N-ethyl adjacent to an activating group) is 1. The van der Waals surface area contributed by atoms with Crippen molar-refractivity contribution < 1.29 is 9.18 Å². The second-order valence-corrected chi connectivity index (χ2v) is 6.58. The summed E-state index contributed by atoms with van der Waals surface area (Å²) in [5.41, 5.74) is 2.07. The molecule has 2 aromatic rings. The third-order valence-corrected chi connectivity index (χ3v) is 4.07. The molecule has 0 saturated carbocycles. The molecule has 0 heterocycles. The van der Waals surface area contributed by atoms with E-state index in [9.17, 15) is 9.18 Å². The number of hydrogen-bond donors (Lipinski definition) is 1. The highest BCUT2D eigenvalue weighted by molar-refractivity contribution is 5.84. The maximum absolute atomic E-state index is 13.4. The van der Waals surface area contributed by atoms with Gasteiger partial charge in [0.2, 0.25) is 5.91 Å². The van der Waals surface area contributed by atoms with Crippen LogP contribution in [0, 0.1) is 5.82 Å². The first kappa shape index (κ1) is 20.4. The number of carbonyl (C=O) groups is 1. The predicted octanol–water partition coefficient (Wildman–Crippen LogP) is 2.53. The monoisotopic (exact) mass is 370 g/mol. The molecule has 1 N–H and O–H groups in total. The zero-order chi connectivity index (χ0) is 19.6. The zero-order valence-electron chi connectivity index (χ0n) is 16.2. The molecule has 2 aromatic carbocycles. The molecule has 1 amide bonds. The van der Waals surface area contributed by atoms with E-state index >= 15 is 0 Å². The van der Waals surface area contributed by atoms with E-state index in [1.165, 1.54) is 22.6 Å². The molecule has 0 spiro atoms. The lowest BCUT2D eigenvalue weighted by atomic mass is 10.1. The van der Waals surface area contributed by atoms with Crippen LogP contribution in [0.2, 0.25) is 0 Å². The molecule has 0 aliphatic heterocycles. The predicted molar refractivity (Wildman–Crippen MR) is 107 cm³/mol. The Hall–Kier alpha value is -2.89. The molecule has 6 heteroatoms. The van der Waals surface area contributed by atoms with Crippen LogP contribution in [0.25, 0.3) is 0 Å². The maximum atomic E-state index is 13.4. The van der Waals surface area contributed by atoms with Crippen LogP contribution in [0.5, 0.6) is 0 Å². The van der Waals surface area contributed by atoms with Gasteiger partial charge in [-0.3, -0.25) is 4.79 Å².